The molecule has 0 bridgehead atoms. The predicted octanol–water partition coefficient (Wildman–Crippen LogP) is 2.73. The summed E-state index contributed by atoms with van der Waals surface area (Å²) < 4.78 is 0. The standard InChI is InChI=1S/C16H19N5/c1-13-4-3-7-21(11-13)12-14-5-2-6-15(8-14)19-20-16(9-17)10-18/h2,5-6,8,13,19H,3-4,7,11-12H2,1H3. The number of nitrogens with one attached hydrogen (secondary N) is 1. The Morgan fingerprint density at radius 1 is 1.43 bits per heavy atom. The summed E-state index contributed by atoms with van der Waals surface area (Å²) in [6, 6.07) is 11.4. The molecule has 0 aliphatic carbocycles. The van der Waals surface area contributed by atoms with E-state index in [1.165, 1.54) is 18.4 Å². The van der Waals surface area contributed by atoms with Crippen LogP contribution in [0.15, 0.2) is 29.4 Å². The maximum Gasteiger partial charge on any atom is 0.237 e. The first-order chi connectivity index (χ1) is 10.2. The van der Waals surface area contributed by atoms with Gasteiger partial charge in [-0.1, -0.05) is 19.1 Å². The second-order valence-electron chi connectivity index (χ2n) is 5.48. The zero-order valence-corrected chi connectivity index (χ0v) is 12.2. The molecule has 0 aromatic heterocycles. The molecular weight excluding hydrogens is 262 g/mol. The number of benzene rings is 1. The molecule has 2 rings (SSSR count). The third-order valence-corrected chi connectivity index (χ3v) is 3.58. The number of rotatable bonds is 4. The first kappa shape index (κ1) is 15.0. The third kappa shape index (κ3) is 4.59. The summed E-state index contributed by atoms with van der Waals surface area (Å²) in [5.74, 6) is 0.762. The van der Waals surface area contributed by atoms with Gasteiger partial charge in [-0.15, -0.1) is 0 Å². The summed E-state index contributed by atoms with van der Waals surface area (Å²) in [5.41, 5.74) is 4.58. The van der Waals surface area contributed by atoms with Crippen molar-refractivity contribution < 1.29 is 0 Å². The molecule has 1 aromatic rings. The van der Waals surface area contributed by atoms with Gasteiger partial charge in [0.25, 0.3) is 0 Å². The van der Waals surface area contributed by atoms with Crippen LogP contribution in [-0.4, -0.2) is 23.7 Å². The van der Waals surface area contributed by atoms with Gasteiger partial charge < -0.3 is 0 Å². The topological polar surface area (TPSA) is 75.2 Å². The Morgan fingerprint density at radius 2 is 2.24 bits per heavy atom. The van der Waals surface area contributed by atoms with E-state index in [0.717, 1.165) is 31.2 Å². The minimum absolute atomic E-state index is 0.176. The number of nitrogens with zero attached hydrogens (tertiary/aromatic N) is 4. The van der Waals surface area contributed by atoms with Crippen molar-refractivity contribution in [1.82, 2.24) is 4.90 Å². The van der Waals surface area contributed by atoms with Crippen molar-refractivity contribution in [2.75, 3.05) is 18.5 Å². The smallest absolute Gasteiger partial charge is 0.237 e. The van der Waals surface area contributed by atoms with E-state index < -0.39 is 0 Å². The van der Waals surface area contributed by atoms with Gasteiger partial charge in [0.1, 0.15) is 12.1 Å². The Bertz CT molecular complexity index is 577. The molecule has 108 valence electrons. The van der Waals surface area contributed by atoms with E-state index in [9.17, 15) is 0 Å². The number of likely N-dealkylation sites (tertiary alicyclic amines) is 1. The fraction of sp³-hybridized carbons (Fsp3) is 0.438. The Labute approximate surface area is 125 Å². The Morgan fingerprint density at radius 3 is 2.95 bits per heavy atom. The summed E-state index contributed by atoms with van der Waals surface area (Å²) in [6.45, 7) is 5.51. The lowest BCUT2D eigenvalue weighted by molar-refractivity contribution is 0.176. The highest BCUT2D eigenvalue weighted by atomic mass is 15.3. The first-order valence-corrected chi connectivity index (χ1v) is 7.16. The van der Waals surface area contributed by atoms with E-state index in [4.69, 9.17) is 10.5 Å². The molecule has 0 spiro atoms. The molecule has 1 N–H and O–H groups in total. The van der Waals surface area contributed by atoms with Crippen LogP contribution in [0.3, 0.4) is 0 Å². The average Bonchev–Trinajstić information content (AvgIpc) is 2.49. The predicted molar refractivity (Wildman–Crippen MR) is 82.4 cm³/mol. The van der Waals surface area contributed by atoms with Crippen LogP contribution < -0.4 is 5.43 Å². The average molecular weight is 281 g/mol. The number of anilines is 1. The fourth-order valence-corrected chi connectivity index (χ4v) is 2.62. The number of nitriles is 2. The van der Waals surface area contributed by atoms with Crippen LogP contribution in [-0.2, 0) is 6.54 Å². The SMILES string of the molecule is CC1CCCN(Cc2cccc(NN=C(C#N)C#N)c2)C1. The molecule has 0 amide bonds. The Balaban J connectivity index is 1.99. The van der Waals surface area contributed by atoms with Gasteiger partial charge in [-0.05, 0) is 43.0 Å². The number of hydrazone groups is 1. The highest BCUT2D eigenvalue weighted by molar-refractivity contribution is 6.10. The highest BCUT2D eigenvalue weighted by Crippen LogP contribution is 2.19. The molecule has 1 aliphatic heterocycles. The lowest BCUT2D eigenvalue weighted by atomic mass is 10.00. The molecule has 1 aromatic carbocycles. The molecular formula is C16H19N5. The molecule has 1 fully saturated rings. The van der Waals surface area contributed by atoms with Gasteiger partial charge >= 0.3 is 0 Å². The van der Waals surface area contributed by atoms with Gasteiger partial charge in [-0.2, -0.15) is 15.6 Å². The zero-order chi connectivity index (χ0) is 15.1. The van der Waals surface area contributed by atoms with Gasteiger partial charge in [-0.25, -0.2) is 0 Å². The van der Waals surface area contributed by atoms with Crippen LogP contribution in [0.1, 0.15) is 25.3 Å². The largest absolute Gasteiger partial charge is 0.299 e. The molecule has 1 atom stereocenters. The number of hydrogen-bond donors (Lipinski definition) is 1. The van der Waals surface area contributed by atoms with Crippen LogP contribution in [0.5, 0.6) is 0 Å². The van der Waals surface area contributed by atoms with Crippen molar-refractivity contribution in [1.29, 1.82) is 10.5 Å². The van der Waals surface area contributed by atoms with E-state index in [1.54, 1.807) is 12.1 Å². The fourth-order valence-electron chi connectivity index (χ4n) is 2.62. The lowest BCUT2D eigenvalue weighted by Gasteiger charge is -2.30. The monoisotopic (exact) mass is 281 g/mol. The molecule has 0 radical (unpaired) electrons. The zero-order valence-electron chi connectivity index (χ0n) is 12.2. The van der Waals surface area contributed by atoms with Crippen LogP contribution in [0.2, 0.25) is 0 Å². The van der Waals surface area contributed by atoms with Gasteiger partial charge in [0.15, 0.2) is 0 Å². The Kier molecular flexibility index (Phi) is 5.31. The van der Waals surface area contributed by atoms with Crippen molar-refractivity contribution >= 4 is 11.4 Å². The maximum absolute atomic E-state index is 8.65. The molecule has 1 heterocycles. The molecule has 0 saturated carbocycles. The van der Waals surface area contributed by atoms with Gasteiger partial charge in [0.05, 0.1) is 5.69 Å². The number of hydrogen-bond acceptors (Lipinski definition) is 5. The van der Waals surface area contributed by atoms with Crippen LogP contribution >= 0.6 is 0 Å². The Hall–Kier alpha value is -2.37. The minimum Gasteiger partial charge on any atom is -0.299 e. The summed E-state index contributed by atoms with van der Waals surface area (Å²) in [7, 11) is 0. The normalized spacial score (nSPS) is 18.3. The molecule has 5 heteroatoms. The second-order valence-corrected chi connectivity index (χ2v) is 5.48. The van der Waals surface area contributed by atoms with Crippen molar-refractivity contribution in [3.63, 3.8) is 0 Å². The summed E-state index contributed by atoms with van der Waals surface area (Å²) in [6.07, 6.45) is 2.58. The van der Waals surface area contributed by atoms with Gasteiger partial charge in [-0.3, -0.25) is 10.3 Å². The van der Waals surface area contributed by atoms with Crippen LogP contribution in [0, 0.1) is 28.6 Å². The molecule has 1 unspecified atom stereocenters. The van der Waals surface area contributed by atoms with Crippen molar-refractivity contribution in [3.05, 3.63) is 29.8 Å². The molecule has 1 aliphatic rings. The van der Waals surface area contributed by atoms with Crippen LogP contribution in [0.4, 0.5) is 5.69 Å². The van der Waals surface area contributed by atoms with E-state index in [-0.39, 0.29) is 5.71 Å². The van der Waals surface area contributed by atoms with Crippen molar-refractivity contribution in [2.45, 2.75) is 26.3 Å². The summed E-state index contributed by atoms with van der Waals surface area (Å²) in [4.78, 5) is 2.46. The maximum atomic E-state index is 8.65. The van der Waals surface area contributed by atoms with Gasteiger partial charge in [0.2, 0.25) is 5.71 Å². The van der Waals surface area contributed by atoms with Gasteiger partial charge in [0, 0.05) is 13.1 Å². The van der Waals surface area contributed by atoms with Crippen molar-refractivity contribution in [2.24, 2.45) is 11.0 Å². The molecule has 1 saturated heterocycles. The highest BCUT2D eigenvalue weighted by Gasteiger charge is 2.16. The van der Waals surface area contributed by atoms with E-state index in [1.807, 2.05) is 18.2 Å². The van der Waals surface area contributed by atoms with Crippen LogP contribution in [0.25, 0.3) is 0 Å². The summed E-state index contributed by atoms with van der Waals surface area (Å²) >= 11 is 0. The van der Waals surface area contributed by atoms with Crippen molar-refractivity contribution in [3.8, 4) is 12.1 Å². The first-order valence-electron chi connectivity index (χ1n) is 7.16. The lowest BCUT2D eigenvalue weighted by Crippen LogP contribution is -2.33. The quantitative estimate of drug-likeness (QED) is 0.680. The number of piperidine rings is 1. The summed E-state index contributed by atoms with van der Waals surface area (Å²) in [5, 5.41) is 21.1. The second kappa shape index (κ2) is 7.42. The molecule has 21 heavy (non-hydrogen) atoms. The third-order valence-electron chi connectivity index (χ3n) is 3.58. The molecule has 5 nitrogen and oxygen atoms in total. The van der Waals surface area contributed by atoms with E-state index >= 15 is 0 Å². The van der Waals surface area contributed by atoms with E-state index in [0.29, 0.717) is 0 Å². The van der Waals surface area contributed by atoms with E-state index in [2.05, 4.69) is 28.4 Å². The minimum atomic E-state index is -0.176.